The maximum absolute atomic E-state index is 12.4. The Morgan fingerprint density at radius 3 is 2.90 bits per heavy atom. The Labute approximate surface area is 126 Å². The van der Waals surface area contributed by atoms with E-state index < -0.39 is 9.84 Å². The summed E-state index contributed by atoms with van der Waals surface area (Å²) in [5.74, 6) is 0.639. The van der Waals surface area contributed by atoms with Crippen molar-refractivity contribution in [3.8, 4) is 0 Å². The maximum Gasteiger partial charge on any atom is 0.179 e. The average molecular weight is 309 g/mol. The minimum absolute atomic E-state index is 0.112. The highest BCUT2D eigenvalue weighted by molar-refractivity contribution is 7.91. The van der Waals surface area contributed by atoms with Gasteiger partial charge in [0.1, 0.15) is 5.84 Å². The third-order valence-electron chi connectivity index (χ3n) is 3.92. The number of rotatable bonds is 5. The van der Waals surface area contributed by atoms with Crippen molar-refractivity contribution in [2.45, 2.75) is 24.7 Å². The Hall–Kier alpha value is -1.40. The molecule has 1 atom stereocenters. The topological polar surface area (TPSA) is 87.2 Å². The zero-order valence-electron chi connectivity index (χ0n) is 12.4. The largest absolute Gasteiger partial charge is 0.384 e. The number of nitrogens with zero attached hydrogens (tertiary/aromatic N) is 1. The van der Waals surface area contributed by atoms with Crippen LogP contribution < -0.4 is 5.73 Å². The summed E-state index contributed by atoms with van der Waals surface area (Å²) >= 11 is 0. The highest BCUT2D eigenvalue weighted by atomic mass is 32.2. The Bertz CT molecular complexity index is 613. The van der Waals surface area contributed by atoms with Crippen LogP contribution in [0.25, 0.3) is 0 Å². The van der Waals surface area contributed by atoms with Gasteiger partial charge in [0.15, 0.2) is 9.84 Å². The van der Waals surface area contributed by atoms with E-state index in [1.807, 2.05) is 0 Å². The number of likely N-dealkylation sites (tertiary alicyclic amines) is 1. The molecule has 1 aliphatic rings. The highest BCUT2D eigenvalue weighted by Crippen LogP contribution is 2.17. The van der Waals surface area contributed by atoms with E-state index in [-0.39, 0.29) is 16.5 Å². The molecule has 1 fully saturated rings. The fourth-order valence-electron chi connectivity index (χ4n) is 2.71. The molecule has 0 aliphatic carbocycles. The number of nitrogens with one attached hydrogen (secondary N) is 1. The average Bonchev–Trinajstić information content (AvgIpc) is 2.45. The minimum atomic E-state index is -3.33. The molecule has 1 heterocycles. The molecule has 1 aromatic rings. The van der Waals surface area contributed by atoms with Crippen LogP contribution in [-0.4, -0.2) is 44.5 Å². The van der Waals surface area contributed by atoms with Gasteiger partial charge in [-0.1, -0.05) is 19.1 Å². The predicted octanol–water partition coefficient (Wildman–Crippen LogP) is 1.48. The summed E-state index contributed by atoms with van der Waals surface area (Å²) in [5.41, 5.74) is 5.86. The van der Waals surface area contributed by atoms with Crippen molar-refractivity contribution in [2.75, 3.05) is 25.4 Å². The molecule has 0 amide bonds. The number of sulfone groups is 1. The van der Waals surface area contributed by atoms with E-state index in [1.165, 1.54) is 12.5 Å². The highest BCUT2D eigenvalue weighted by Gasteiger charge is 2.20. The lowest BCUT2D eigenvalue weighted by atomic mass is 10.0. The molecule has 116 valence electrons. The Morgan fingerprint density at radius 2 is 2.24 bits per heavy atom. The summed E-state index contributed by atoms with van der Waals surface area (Å²) < 4.78 is 24.8. The number of hydrogen-bond donors (Lipinski definition) is 2. The van der Waals surface area contributed by atoms with Crippen LogP contribution in [0.15, 0.2) is 29.2 Å². The minimum Gasteiger partial charge on any atom is -0.384 e. The molecule has 0 saturated carbocycles. The SMILES string of the molecule is CC1CCCN(CCS(=O)(=O)c2cccc(C(=N)N)c2)C1. The van der Waals surface area contributed by atoms with E-state index in [1.54, 1.807) is 18.2 Å². The van der Waals surface area contributed by atoms with Crippen molar-refractivity contribution < 1.29 is 8.42 Å². The molecule has 0 aromatic heterocycles. The maximum atomic E-state index is 12.4. The van der Waals surface area contributed by atoms with Gasteiger partial charge in [-0.15, -0.1) is 0 Å². The van der Waals surface area contributed by atoms with Gasteiger partial charge >= 0.3 is 0 Å². The molecule has 1 unspecified atom stereocenters. The normalized spacial score (nSPS) is 20.3. The van der Waals surface area contributed by atoms with Gasteiger partial charge in [0.25, 0.3) is 0 Å². The molecular weight excluding hydrogens is 286 g/mol. The van der Waals surface area contributed by atoms with E-state index in [4.69, 9.17) is 11.1 Å². The van der Waals surface area contributed by atoms with Crippen molar-refractivity contribution in [3.63, 3.8) is 0 Å². The van der Waals surface area contributed by atoms with Gasteiger partial charge in [0.05, 0.1) is 10.6 Å². The number of nitrogens with two attached hydrogens (primary N) is 1. The number of hydrogen-bond acceptors (Lipinski definition) is 4. The summed E-state index contributed by atoms with van der Waals surface area (Å²) in [7, 11) is -3.33. The predicted molar refractivity (Wildman–Crippen MR) is 84.3 cm³/mol. The summed E-state index contributed by atoms with van der Waals surface area (Å²) in [5, 5.41) is 7.40. The van der Waals surface area contributed by atoms with Crippen LogP contribution in [0.1, 0.15) is 25.3 Å². The lowest BCUT2D eigenvalue weighted by Gasteiger charge is -2.30. The zero-order chi connectivity index (χ0) is 15.5. The second kappa shape index (κ2) is 6.58. The molecule has 0 radical (unpaired) electrons. The smallest absolute Gasteiger partial charge is 0.179 e. The van der Waals surface area contributed by atoms with E-state index in [9.17, 15) is 8.42 Å². The van der Waals surface area contributed by atoms with Crippen LogP contribution in [0.3, 0.4) is 0 Å². The van der Waals surface area contributed by atoms with Crippen molar-refractivity contribution in [3.05, 3.63) is 29.8 Å². The third-order valence-corrected chi connectivity index (χ3v) is 5.61. The van der Waals surface area contributed by atoms with Crippen molar-refractivity contribution in [1.82, 2.24) is 4.90 Å². The van der Waals surface area contributed by atoms with Crippen LogP contribution in [0.2, 0.25) is 0 Å². The first-order valence-electron chi connectivity index (χ1n) is 7.28. The lowest BCUT2D eigenvalue weighted by molar-refractivity contribution is 0.193. The van der Waals surface area contributed by atoms with Crippen molar-refractivity contribution in [1.29, 1.82) is 5.41 Å². The molecule has 2 rings (SSSR count). The molecule has 1 aromatic carbocycles. The molecule has 1 aliphatic heterocycles. The van der Waals surface area contributed by atoms with Crippen molar-refractivity contribution in [2.24, 2.45) is 11.7 Å². The summed E-state index contributed by atoms with van der Waals surface area (Å²) in [6.45, 7) is 4.73. The first-order chi connectivity index (χ1) is 9.88. The summed E-state index contributed by atoms with van der Waals surface area (Å²) in [6.07, 6.45) is 2.37. The zero-order valence-corrected chi connectivity index (χ0v) is 13.2. The fraction of sp³-hybridized carbons (Fsp3) is 0.533. The van der Waals surface area contributed by atoms with Gasteiger partial charge in [0, 0.05) is 18.7 Å². The molecule has 6 heteroatoms. The molecule has 3 N–H and O–H groups in total. The van der Waals surface area contributed by atoms with Crippen LogP contribution in [0, 0.1) is 11.3 Å². The number of nitrogen functional groups attached to an aromatic ring is 1. The van der Waals surface area contributed by atoms with Gasteiger partial charge in [0.2, 0.25) is 0 Å². The van der Waals surface area contributed by atoms with Crippen LogP contribution in [-0.2, 0) is 9.84 Å². The van der Waals surface area contributed by atoms with Crippen LogP contribution in [0.5, 0.6) is 0 Å². The van der Waals surface area contributed by atoms with E-state index in [0.717, 1.165) is 19.5 Å². The second-order valence-electron chi connectivity index (χ2n) is 5.81. The summed E-state index contributed by atoms with van der Waals surface area (Å²) in [4.78, 5) is 2.47. The third kappa shape index (κ3) is 4.28. The van der Waals surface area contributed by atoms with E-state index in [0.29, 0.717) is 18.0 Å². The first-order valence-corrected chi connectivity index (χ1v) is 8.93. The van der Waals surface area contributed by atoms with Gasteiger partial charge in [-0.2, -0.15) is 0 Å². The van der Waals surface area contributed by atoms with Crippen LogP contribution in [0.4, 0.5) is 0 Å². The summed E-state index contributed by atoms with van der Waals surface area (Å²) in [6, 6.07) is 6.33. The molecule has 1 saturated heterocycles. The molecule has 0 spiro atoms. The van der Waals surface area contributed by atoms with E-state index >= 15 is 0 Å². The second-order valence-corrected chi connectivity index (χ2v) is 7.92. The van der Waals surface area contributed by atoms with Gasteiger partial charge in [-0.05, 0) is 37.4 Å². The van der Waals surface area contributed by atoms with E-state index in [2.05, 4.69) is 11.8 Å². The number of piperidine rings is 1. The fourth-order valence-corrected chi connectivity index (χ4v) is 4.04. The Kier molecular flexibility index (Phi) is 5.00. The van der Waals surface area contributed by atoms with Crippen molar-refractivity contribution >= 4 is 15.7 Å². The first kappa shape index (κ1) is 16.0. The Morgan fingerprint density at radius 1 is 1.48 bits per heavy atom. The van der Waals surface area contributed by atoms with Crippen LogP contribution >= 0.6 is 0 Å². The molecule has 5 nitrogen and oxygen atoms in total. The number of amidine groups is 1. The monoisotopic (exact) mass is 309 g/mol. The molecule has 0 bridgehead atoms. The Balaban J connectivity index is 2.04. The number of benzene rings is 1. The molecular formula is C15H23N3O2S. The van der Waals surface area contributed by atoms with Gasteiger partial charge in [-0.25, -0.2) is 8.42 Å². The quantitative estimate of drug-likeness (QED) is 0.637. The standard InChI is InChI=1S/C15H23N3O2S/c1-12-4-3-7-18(11-12)8-9-21(19,20)14-6-2-5-13(10-14)15(16)17/h2,5-6,10,12H,3-4,7-9,11H2,1H3,(H3,16,17). The molecule has 21 heavy (non-hydrogen) atoms. The lowest BCUT2D eigenvalue weighted by Crippen LogP contribution is -2.37. The van der Waals surface area contributed by atoms with Gasteiger partial charge in [-0.3, -0.25) is 5.41 Å². The van der Waals surface area contributed by atoms with Gasteiger partial charge < -0.3 is 10.6 Å².